The second-order valence-electron chi connectivity index (χ2n) is 3.50. The third-order valence-corrected chi connectivity index (χ3v) is 2.06. The molecule has 0 radical (unpaired) electrons. The fraction of sp³-hybridized carbons (Fsp3) is 0.167. The van der Waals surface area contributed by atoms with E-state index in [-0.39, 0.29) is 12.2 Å². The van der Waals surface area contributed by atoms with Crippen LogP contribution in [0.1, 0.15) is 5.56 Å². The van der Waals surface area contributed by atoms with Gasteiger partial charge in [0, 0.05) is 0 Å². The van der Waals surface area contributed by atoms with E-state index in [1.54, 1.807) is 24.4 Å². The Labute approximate surface area is 104 Å². The highest BCUT2D eigenvalue weighted by Gasteiger charge is 2.11. The first-order valence-corrected chi connectivity index (χ1v) is 5.20. The zero-order valence-corrected chi connectivity index (χ0v) is 9.56. The van der Waals surface area contributed by atoms with Crippen molar-refractivity contribution in [3.8, 4) is 5.75 Å². The quantitative estimate of drug-likeness (QED) is 0.750. The second-order valence-corrected chi connectivity index (χ2v) is 3.50. The van der Waals surface area contributed by atoms with Gasteiger partial charge in [-0.1, -0.05) is 17.3 Å². The van der Waals surface area contributed by atoms with Gasteiger partial charge in [0.25, 0.3) is 0 Å². The molecular weight excluding hydrogens is 236 g/mol. The van der Waals surface area contributed by atoms with Gasteiger partial charge in [-0.05, 0) is 30.2 Å². The molecule has 4 N–H and O–H groups in total. The molecule has 1 unspecified atom stereocenters. The number of carboxylic acids is 1. The van der Waals surface area contributed by atoms with Crippen molar-refractivity contribution in [3.05, 3.63) is 48.4 Å². The van der Waals surface area contributed by atoms with Crippen molar-refractivity contribution in [2.75, 3.05) is 0 Å². The topological polar surface area (TPSA) is 110 Å². The van der Waals surface area contributed by atoms with Gasteiger partial charge in [0.15, 0.2) is 0 Å². The van der Waals surface area contributed by atoms with E-state index >= 15 is 0 Å². The molecule has 0 spiro atoms. The van der Waals surface area contributed by atoms with Crippen LogP contribution in [0.2, 0.25) is 0 Å². The minimum atomic E-state index is -1.02. The van der Waals surface area contributed by atoms with Crippen molar-refractivity contribution in [2.24, 2.45) is 5.73 Å². The monoisotopic (exact) mass is 250 g/mol. The van der Waals surface area contributed by atoms with Gasteiger partial charge in [0.05, 0.1) is 6.20 Å². The zero-order chi connectivity index (χ0) is 13.4. The first kappa shape index (κ1) is 13.7. The molecule has 18 heavy (non-hydrogen) atoms. The summed E-state index contributed by atoms with van der Waals surface area (Å²) in [5.74, 6) is -0.860. The maximum Gasteiger partial charge on any atom is 0.320 e. The number of hydrogen-bond acceptors (Lipinski definition) is 5. The van der Waals surface area contributed by atoms with Crippen LogP contribution in [0.3, 0.4) is 0 Å². The third kappa shape index (κ3) is 5.13. The van der Waals surface area contributed by atoms with Crippen LogP contribution in [0.4, 0.5) is 0 Å². The Bertz CT molecular complexity index is 436. The van der Waals surface area contributed by atoms with Crippen molar-refractivity contribution in [1.82, 2.24) is 5.16 Å². The van der Waals surface area contributed by atoms with Gasteiger partial charge in [-0.25, -0.2) is 0 Å². The molecule has 96 valence electrons. The molecule has 2 rings (SSSR count). The summed E-state index contributed by atoms with van der Waals surface area (Å²) in [5, 5.41) is 20.8. The van der Waals surface area contributed by atoms with Crippen LogP contribution in [0.5, 0.6) is 5.75 Å². The molecule has 0 aliphatic heterocycles. The van der Waals surface area contributed by atoms with E-state index in [4.69, 9.17) is 15.9 Å². The van der Waals surface area contributed by atoms with Gasteiger partial charge in [-0.15, -0.1) is 0 Å². The molecule has 0 amide bonds. The number of carboxylic acid groups (broad SMARTS) is 1. The molecule has 0 saturated heterocycles. The van der Waals surface area contributed by atoms with Gasteiger partial charge >= 0.3 is 5.97 Å². The summed E-state index contributed by atoms with van der Waals surface area (Å²) >= 11 is 0. The number of nitrogens with two attached hydrogens (primary N) is 1. The van der Waals surface area contributed by atoms with E-state index in [2.05, 4.69) is 9.68 Å². The number of hydrogen-bond donors (Lipinski definition) is 3. The lowest BCUT2D eigenvalue weighted by atomic mass is 10.1. The number of nitrogens with zero attached hydrogens (tertiary/aromatic N) is 1. The summed E-state index contributed by atoms with van der Waals surface area (Å²) in [6, 6.07) is 7.15. The molecule has 6 nitrogen and oxygen atoms in total. The summed E-state index contributed by atoms with van der Waals surface area (Å²) < 4.78 is 4.33. The summed E-state index contributed by atoms with van der Waals surface area (Å²) in [5.41, 5.74) is 6.12. The Morgan fingerprint density at radius 2 is 2.06 bits per heavy atom. The number of aromatic nitrogens is 1. The Kier molecular flexibility index (Phi) is 5.40. The molecular formula is C12H14N2O4. The van der Waals surface area contributed by atoms with Crippen LogP contribution in [0.25, 0.3) is 0 Å². The van der Waals surface area contributed by atoms with E-state index in [0.29, 0.717) is 0 Å². The molecule has 6 heteroatoms. The van der Waals surface area contributed by atoms with E-state index in [1.165, 1.54) is 18.4 Å². The van der Waals surface area contributed by atoms with Gasteiger partial charge in [-0.3, -0.25) is 4.79 Å². The first-order chi connectivity index (χ1) is 8.59. The van der Waals surface area contributed by atoms with Gasteiger partial charge in [0.1, 0.15) is 18.1 Å². The van der Waals surface area contributed by atoms with Crippen LogP contribution in [-0.2, 0) is 11.2 Å². The number of benzene rings is 1. The number of aliphatic carboxylic acids is 1. The average molecular weight is 250 g/mol. The van der Waals surface area contributed by atoms with Crippen molar-refractivity contribution >= 4 is 5.97 Å². The number of phenols is 1. The van der Waals surface area contributed by atoms with E-state index in [1.807, 2.05) is 0 Å². The van der Waals surface area contributed by atoms with Gasteiger partial charge in [0.2, 0.25) is 0 Å². The van der Waals surface area contributed by atoms with Gasteiger partial charge < -0.3 is 20.5 Å². The Balaban J connectivity index is 0.000000269. The number of rotatable bonds is 3. The summed E-state index contributed by atoms with van der Waals surface area (Å²) in [4.78, 5) is 10.4. The minimum absolute atomic E-state index is 0.160. The molecule has 0 aliphatic rings. The summed E-state index contributed by atoms with van der Waals surface area (Å²) in [6.45, 7) is 0. The highest BCUT2D eigenvalue weighted by molar-refractivity contribution is 5.73. The number of carbonyl (C=O) groups is 1. The lowest BCUT2D eigenvalue weighted by molar-refractivity contribution is -0.138. The molecule has 0 saturated carbocycles. The van der Waals surface area contributed by atoms with Crippen LogP contribution in [0, 0.1) is 0 Å². The molecule has 1 aromatic heterocycles. The second kappa shape index (κ2) is 7.08. The maximum atomic E-state index is 10.4. The molecule has 0 bridgehead atoms. The zero-order valence-electron chi connectivity index (χ0n) is 9.56. The highest BCUT2D eigenvalue weighted by Crippen LogP contribution is 2.10. The van der Waals surface area contributed by atoms with Crippen molar-refractivity contribution in [1.29, 1.82) is 0 Å². The average Bonchev–Trinajstić information content (AvgIpc) is 2.90. The molecule has 0 fully saturated rings. The Morgan fingerprint density at radius 3 is 2.44 bits per heavy atom. The lowest BCUT2D eigenvalue weighted by Gasteiger charge is -2.05. The molecule has 1 heterocycles. The normalized spacial score (nSPS) is 11.2. The lowest BCUT2D eigenvalue weighted by Crippen LogP contribution is -2.32. The summed E-state index contributed by atoms with van der Waals surface area (Å²) in [7, 11) is 0. The Hall–Kier alpha value is -2.34. The molecule has 1 aromatic carbocycles. The highest BCUT2D eigenvalue weighted by atomic mass is 16.5. The van der Waals surface area contributed by atoms with Crippen molar-refractivity contribution in [2.45, 2.75) is 12.5 Å². The fourth-order valence-electron chi connectivity index (χ4n) is 1.15. The Morgan fingerprint density at radius 1 is 1.39 bits per heavy atom. The van der Waals surface area contributed by atoms with Crippen LogP contribution >= 0.6 is 0 Å². The molecule has 1 atom stereocenters. The minimum Gasteiger partial charge on any atom is -0.508 e. The largest absolute Gasteiger partial charge is 0.508 e. The predicted molar refractivity (Wildman–Crippen MR) is 63.9 cm³/mol. The molecule has 0 aliphatic carbocycles. The van der Waals surface area contributed by atoms with Crippen LogP contribution in [0.15, 0.2) is 47.3 Å². The molecule has 2 aromatic rings. The third-order valence-electron chi connectivity index (χ3n) is 2.06. The van der Waals surface area contributed by atoms with E-state index < -0.39 is 12.0 Å². The van der Waals surface area contributed by atoms with Crippen molar-refractivity contribution in [3.63, 3.8) is 0 Å². The first-order valence-electron chi connectivity index (χ1n) is 5.20. The van der Waals surface area contributed by atoms with E-state index in [9.17, 15) is 4.79 Å². The van der Waals surface area contributed by atoms with Crippen LogP contribution in [-0.4, -0.2) is 27.4 Å². The standard InChI is InChI=1S/C9H11NO3.C3H3NO/c10-8(9(12)13)5-6-1-3-7(11)4-2-6;1-2-4-5-3-1/h1-4,8,11H,5,10H2,(H,12,13);1-3H. The van der Waals surface area contributed by atoms with Crippen LogP contribution < -0.4 is 5.73 Å². The predicted octanol–water partition coefficient (Wildman–Crippen LogP) is 1.02. The SMILES string of the molecule is NC(Cc1ccc(O)cc1)C(=O)O.c1cnoc1. The number of phenolic OH excluding ortho intramolecular Hbond substituents is 1. The van der Waals surface area contributed by atoms with Crippen molar-refractivity contribution < 1.29 is 19.5 Å². The summed E-state index contributed by atoms with van der Waals surface area (Å²) in [6.07, 6.45) is 3.37. The van der Waals surface area contributed by atoms with Gasteiger partial charge in [-0.2, -0.15) is 0 Å². The maximum absolute atomic E-state index is 10.4. The smallest absolute Gasteiger partial charge is 0.320 e. The van der Waals surface area contributed by atoms with E-state index in [0.717, 1.165) is 5.56 Å². The fourth-order valence-corrected chi connectivity index (χ4v) is 1.15. The number of aromatic hydroxyl groups is 1.